The molecule has 0 spiro atoms. The van der Waals surface area contributed by atoms with Crippen LogP contribution in [0.4, 0.5) is 0 Å². The third-order valence-electron chi connectivity index (χ3n) is 3.57. The smallest absolute Gasteiger partial charge is 0.251 e. The Balaban J connectivity index is 0.00000676. The van der Waals surface area contributed by atoms with Crippen molar-refractivity contribution < 1.29 is 14.3 Å². The molecular weight excluding hydrogens is 459 g/mol. The number of halogens is 1. The van der Waals surface area contributed by atoms with Gasteiger partial charge in [0, 0.05) is 45.0 Å². The zero-order chi connectivity index (χ0) is 19.0. The molecule has 0 saturated carbocycles. The van der Waals surface area contributed by atoms with Gasteiger partial charge in [0.1, 0.15) is 5.75 Å². The number of rotatable bonds is 12. The van der Waals surface area contributed by atoms with E-state index in [0.717, 1.165) is 50.9 Å². The van der Waals surface area contributed by atoms with E-state index >= 15 is 0 Å². The molecule has 0 aliphatic heterocycles. The first-order chi connectivity index (χ1) is 12.7. The second-order valence-electron chi connectivity index (χ2n) is 5.58. The van der Waals surface area contributed by atoms with Crippen LogP contribution in [0.2, 0.25) is 0 Å². The number of amides is 1. The largest absolute Gasteiger partial charge is 0.497 e. The number of hydrogen-bond donors (Lipinski definition) is 3. The van der Waals surface area contributed by atoms with Crippen molar-refractivity contribution in [1.82, 2.24) is 16.0 Å². The first-order valence-electron chi connectivity index (χ1n) is 9.23. The summed E-state index contributed by atoms with van der Waals surface area (Å²) >= 11 is 0. The average Bonchev–Trinajstić information content (AvgIpc) is 2.67. The van der Waals surface area contributed by atoms with Crippen molar-refractivity contribution in [2.24, 2.45) is 4.99 Å². The first kappa shape index (κ1) is 25.4. The molecule has 0 radical (unpaired) electrons. The van der Waals surface area contributed by atoms with Crippen LogP contribution in [0.5, 0.6) is 5.75 Å². The molecule has 154 valence electrons. The number of nitrogens with one attached hydrogen (secondary N) is 3. The van der Waals surface area contributed by atoms with Crippen LogP contribution in [0.25, 0.3) is 0 Å². The monoisotopic (exact) mass is 492 g/mol. The first-order valence-corrected chi connectivity index (χ1v) is 9.23. The van der Waals surface area contributed by atoms with Crippen molar-refractivity contribution in [1.29, 1.82) is 0 Å². The van der Waals surface area contributed by atoms with E-state index in [9.17, 15) is 4.79 Å². The van der Waals surface area contributed by atoms with Crippen molar-refractivity contribution >= 4 is 35.8 Å². The van der Waals surface area contributed by atoms with E-state index in [-0.39, 0.29) is 29.9 Å². The molecule has 1 rings (SSSR count). The average molecular weight is 492 g/mol. The lowest BCUT2D eigenvalue weighted by Gasteiger charge is -2.12. The second-order valence-corrected chi connectivity index (χ2v) is 5.58. The van der Waals surface area contributed by atoms with E-state index in [2.05, 4.69) is 20.9 Å². The maximum atomic E-state index is 12.1. The highest BCUT2D eigenvalue weighted by Gasteiger charge is 2.05. The van der Waals surface area contributed by atoms with Crippen molar-refractivity contribution in [3.63, 3.8) is 0 Å². The fourth-order valence-electron chi connectivity index (χ4n) is 2.19. The van der Waals surface area contributed by atoms with Crippen LogP contribution >= 0.6 is 24.0 Å². The SMILES string of the molecule is CCNC(=NCCCCOCC)NCCNC(=O)c1ccc(OC)cc1.I. The van der Waals surface area contributed by atoms with Gasteiger partial charge in [0.15, 0.2) is 5.96 Å². The molecule has 1 amide bonds. The molecule has 0 aliphatic rings. The summed E-state index contributed by atoms with van der Waals surface area (Å²) in [4.78, 5) is 16.6. The Kier molecular flexibility index (Phi) is 15.7. The number of benzene rings is 1. The number of carbonyl (C=O) groups is 1. The molecule has 0 aliphatic carbocycles. The van der Waals surface area contributed by atoms with Gasteiger partial charge >= 0.3 is 0 Å². The van der Waals surface area contributed by atoms with Crippen LogP contribution < -0.4 is 20.7 Å². The topological polar surface area (TPSA) is 84.0 Å². The van der Waals surface area contributed by atoms with Crippen molar-refractivity contribution in [3.05, 3.63) is 29.8 Å². The fraction of sp³-hybridized carbons (Fsp3) is 0.579. The lowest BCUT2D eigenvalue weighted by molar-refractivity contribution is 0.0954. The summed E-state index contributed by atoms with van der Waals surface area (Å²) in [5.74, 6) is 1.39. The minimum Gasteiger partial charge on any atom is -0.497 e. The lowest BCUT2D eigenvalue weighted by Crippen LogP contribution is -2.41. The molecule has 8 heteroatoms. The Bertz CT molecular complexity index is 538. The van der Waals surface area contributed by atoms with Gasteiger partial charge in [-0.25, -0.2) is 0 Å². The predicted octanol–water partition coefficient (Wildman–Crippen LogP) is 2.41. The molecule has 0 atom stereocenters. The van der Waals surface area contributed by atoms with Crippen LogP contribution in [0.1, 0.15) is 37.0 Å². The summed E-state index contributed by atoms with van der Waals surface area (Å²) in [5.41, 5.74) is 0.612. The summed E-state index contributed by atoms with van der Waals surface area (Å²) < 4.78 is 10.4. The highest BCUT2D eigenvalue weighted by Crippen LogP contribution is 2.10. The van der Waals surface area contributed by atoms with Crippen LogP contribution in [0.3, 0.4) is 0 Å². The summed E-state index contributed by atoms with van der Waals surface area (Å²) in [7, 11) is 1.60. The number of carbonyl (C=O) groups excluding carboxylic acids is 1. The Labute approximate surface area is 179 Å². The van der Waals surface area contributed by atoms with Gasteiger partial charge in [-0.05, 0) is 51.0 Å². The molecule has 0 saturated heterocycles. The lowest BCUT2D eigenvalue weighted by atomic mass is 10.2. The number of guanidine groups is 1. The molecule has 1 aromatic rings. The predicted molar refractivity (Wildman–Crippen MR) is 120 cm³/mol. The highest BCUT2D eigenvalue weighted by atomic mass is 127. The second kappa shape index (κ2) is 16.6. The maximum absolute atomic E-state index is 12.1. The van der Waals surface area contributed by atoms with Gasteiger partial charge in [-0.3, -0.25) is 9.79 Å². The van der Waals surface area contributed by atoms with E-state index in [1.807, 2.05) is 13.8 Å². The van der Waals surface area contributed by atoms with Crippen molar-refractivity contribution in [2.45, 2.75) is 26.7 Å². The number of unbranched alkanes of at least 4 members (excludes halogenated alkanes) is 1. The Morgan fingerprint density at radius 3 is 2.37 bits per heavy atom. The molecule has 0 unspecified atom stereocenters. The molecule has 0 bridgehead atoms. The molecule has 7 nitrogen and oxygen atoms in total. The van der Waals surface area contributed by atoms with E-state index < -0.39 is 0 Å². The minimum absolute atomic E-state index is 0. The van der Waals surface area contributed by atoms with Gasteiger partial charge in [0.05, 0.1) is 7.11 Å². The number of methoxy groups -OCH3 is 1. The van der Waals surface area contributed by atoms with Crippen molar-refractivity contribution in [3.8, 4) is 5.75 Å². The number of nitrogens with zero attached hydrogens (tertiary/aromatic N) is 1. The van der Waals surface area contributed by atoms with Gasteiger partial charge in [0.2, 0.25) is 0 Å². The zero-order valence-corrected chi connectivity index (χ0v) is 18.9. The Morgan fingerprint density at radius 2 is 1.74 bits per heavy atom. The van der Waals surface area contributed by atoms with E-state index in [1.54, 1.807) is 31.4 Å². The number of ether oxygens (including phenoxy) is 2. The van der Waals surface area contributed by atoms with Gasteiger partial charge < -0.3 is 25.4 Å². The van der Waals surface area contributed by atoms with Crippen LogP contribution in [0, 0.1) is 0 Å². The van der Waals surface area contributed by atoms with Gasteiger partial charge in [-0.15, -0.1) is 24.0 Å². The summed E-state index contributed by atoms with van der Waals surface area (Å²) in [6.45, 7) is 8.23. The quantitative estimate of drug-likeness (QED) is 0.181. The molecule has 1 aromatic carbocycles. The normalized spacial score (nSPS) is 10.7. The molecule has 0 fully saturated rings. The van der Waals surface area contributed by atoms with Crippen LogP contribution in [0.15, 0.2) is 29.3 Å². The zero-order valence-electron chi connectivity index (χ0n) is 16.5. The van der Waals surface area contributed by atoms with Gasteiger partial charge in [-0.2, -0.15) is 0 Å². The fourth-order valence-corrected chi connectivity index (χ4v) is 2.19. The van der Waals surface area contributed by atoms with Gasteiger partial charge in [0.25, 0.3) is 5.91 Å². The van der Waals surface area contributed by atoms with Gasteiger partial charge in [-0.1, -0.05) is 0 Å². The summed E-state index contributed by atoms with van der Waals surface area (Å²) in [6, 6.07) is 7.04. The molecule has 3 N–H and O–H groups in total. The Morgan fingerprint density at radius 1 is 1.04 bits per heavy atom. The maximum Gasteiger partial charge on any atom is 0.251 e. The third-order valence-corrected chi connectivity index (χ3v) is 3.57. The summed E-state index contributed by atoms with van der Waals surface area (Å²) in [5, 5.41) is 9.30. The minimum atomic E-state index is -0.104. The third kappa shape index (κ3) is 11.7. The Hall–Kier alpha value is -1.55. The van der Waals surface area contributed by atoms with Crippen LogP contribution in [-0.4, -0.2) is 58.4 Å². The highest BCUT2D eigenvalue weighted by molar-refractivity contribution is 14.0. The summed E-state index contributed by atoms with van der Waals surface area (Å²) in [6.07, 6.45) is 2.00. The number of aliphatic imine (C=N–C) groups is 1. The molecule has 0 aromatic heterocycles. The molecular formula is C19H33IN4O3. The molecule has 0 heterocycles. The van der Waals surface area contributed by atoms with Crippen molar-refractivity contribution in [2.75, 3.05) is 46.5 Å². The van der Waals surface area contributed by atoms with E-state index in [1.165, 1.54) is 0 Å². The number of hydrogen-bond acceptors (Lipinski definition) is 4. The van der Waals surface area contributed by atoms with Crippen LogP contribution in [-0.2, 0) is 4.74 Å². The standard InChI is InChI=1S/C19H32N4O3.HI/c1-4-20-19(22-12-6-7-15-26-5-2)23-14-13-21-18(24)16-8-10-17(25-3)11-9-16;/h8-11H,4-7,12-15H2,1-3H3,(H,21,24)(H2,20,22,23);1H. The van der Waals surface area contributed by atoms with E-state index in [4.69, 9.17) is 9.47 Å². The molecule has 27 heavy (non-hydrogen) atoms. The van der Waals surface area contributed by atoms with E-state index in [0.29, 0.717) is 18.7 Å².